The number of amides is 1. The van der Waals surface area contributed by atoms with Crippen molar-refractivity contribution in [3.05, 3.63) is 64.9 Å². The van der Waals surface area contributed by atoms with E-state index < -0.39 is 29.7 Å². The highest BCUT2D eigenvalue weighted by Crippen LogP contribution is 2.32. The molecule has 0 bridgehead atoms. The molecule has 0 N–H and O–H groups in total. The van der Waals surface area contributed by atoms with Gasteiger partial charge in [0.15, 0.2) is 17.7 Å². The Hall–Kier alpha value is -2.31. The number of halogens is 2. The fourth-order valence-corrected chi connectivity index (χ4v) is 3.23. The number of carbonyl (C=O) groups excluding carboxylic acids is 1. The molecule has 1 aliphatic rings. The van der Waals surface area contributed by atoms with Crippen LogP contribution in [0.2, 0.25) is 5.02 Å². The molecule has 1 aliphatic heterocycles. The van der Waals surface area contributed by atoms with Crippen LogP contribution in [0.15, 0.2) is 48.5 Å². The predicted molar refractivity (Wildman–Crippen MR) is 109 cm³/mol. The standard InChI is InChI=1S/C22H25ClFNO4/c1-22(2,3)29-21(26)25-12-13-27-18(14-25)20(15-8-5-4-6-9-15)28-17-11-7-10-16(23)19(17)24/h4-11,18,20H,12-14H2,1-3H3/t18-,20-/m0/s1. The van der Waals surface area contributed by atoms with E-state index in [1.807, 2.05) is 51.1 Å². The normalized spacial score (nSPS) is 18.2. The number of carbonyl (C=O) groups is 1. The lowest BCUT2D eigenvalue weighted by molar-refractivity contribution is -0.0842. The van der Waals surface area contributed by atoms with E-state index in [0.29, 0.717) is 13.2 Å². The Morgan fingerprint density at radius 3 is 2.62 bits per heavy atom. The summed E-state index contributed by atoms with van der Waals surface area (Å²) in [7, 11) is 0. The summed E-state index contributed by atoms with van der Waals surface area (Å²) in [6.45, 7) is 6.46. The Kier molecular flexibility index (Phi) is 6.65. The van der Waals surface area contributed by atoms with Crippen molar-refractivity contribution in [3.63, 3.8) is 0 Å². The van der Waals surface area contributed by atoms with E-state index in [2.05, 4.69) is 0 Å². The molecule has 1 fully saturated rings. The molecule has 1 amide bonds. The maximum atomic E-state index is 14.5. The zero-order valence-corrected chi connectivity index (χ0v) is 17.5. The number of hydrogen-bond acceptors (Lipinski definition) is 4. The Bertz CT molecular complexity index is 840. The number of hydrogen-bond donors (Lipinski definition) is 0. The zero-order valence-electron chi connectivity index (χ0n) is 16.7. The van der Waals surface area contributed by atoms with Gasteiger partial charge in [-0.3, -0.25) is 0 Å². The van der Waals surface area contributed by atoms with Crippen LogP contribution in [0.25, 0.3) is 0 Å². The summed E-state index contributed by atoms with van der Waals surface area (Å²) in [6.07, 6.45) is -1.54. The second kappa shape index (κ2) is 9.01. The summed E-state index contributed by atoms with van der Waals surface area (Å²) < 4.78 is 31.9. The molecule has 2 atom stereocenters. The average Bonchev–Trinajstić information content (AvgIpc) is 2.68. The van der Waals surface area contributed by atoms with Crippen molar-refractivity contribution in [2.45, 2.75) is 38.6 Å². The fourth-order valence-electron chi connectivity index (χ4n) is 3.06. The molecule has 0 aromatic heterocycles. The van der Waals surface area contributed by atoms with Crippen molar-refractivity contribution in [3.8, 4) is 5.75 Å². The second-order valence-electron chi connectivity index (χ2n) is 7.84. The molecular formula is C22H25ClFNO4. The fraction of sp³-hybridized carbons (Fsp3) is 0.409. The van der Waals surface area contributed by atoms with Crippen molar-refractivity contribution < 1.29 is 23.4 Å². The first kappa shape index (κ1) is 21.4. The lowest BCUT2D eigenvalue weighted by atomic mass is 10.0. The van der Waals surface area contributed by atoms with E-state index in [9.17, 15) is 9.18 Å². The summed E-state index contributed by atoms with van der Waals surface area (Å²) in [5.74, 6) is -0.598. The molecule has 0 saturated carbocycles. The number of rotatable bonds is 4. The first-order valence-electron chi connectivity index (χ1n) is 9.50. The lowest BCUT2D eigenvalue weighted by Gasteiger charge is -2.37. The number of nitrogens with zero attached hydrogens (tertiary/aromatic N) is 1. The summed E-state index contributed by atoms with van der Waals surface area (Å²) in [5, 5.41) is -0.0192. The molecule has 2 aromatic carbocycles. The summed E-state index contributed by atoms with van der Waals surface area (Å²) in [6, 6.07) is 14.0. The van der Waals surface area contributed by atoms with Crippen molar-refractivity contribution in [1.82, 2.24) is 4.90 Å². The monoisotopic (exact) mass is 421 g/mol. The van der Waals surface area contributed by atoms with Gasteiger partial charge in [-0.25, -0.2) is 9.18 Å². The average molecular weight is 422 g/mol. The van der Waals surface area contributed by atoms with Gasteiger partial charge in [-0.2, -0.15) is 0 Å². The van der Waals surface area contributed by atoms with Crippen molar-refractivity contribution in [1.29, 1.82) is 0 Å². The molecule has 0 spiro atoms. The molecule has 5 nitrogen and oxygen atoms in total. The maximum absolute atomic E-state index is 14.5. The van der Waals surface area contributed by atoms with E-state index in [0.717, 1.165) is 5.56 Å². The van der Waals surface area contributed by atoms with Crippen LogP contribution in [0.3, 0.4) is 0 Å². The molecule has 7 heteroatoms. The van der Waals surface area contributed by atoms with Crippen LogP contribution in [-0.4, -0.2) is 42.4 Å². The van der Waals surface area contributed by atoms with Gasteiger partial charge in [0, 0.05) is 6.54 Å². The molecule has 0 aliphatic carbocycles. The third kappa shape index (κ3) is 5.61. The van der Waals surface area contributed by atoms with Crippen LogP contribution in [0.1, 0.15) is 32.4 Å². The van der Waals surface area contributed by atoms with Gasteiger partial charge in [-0.05, 0) is 38.5 Å². The Morgan fingerprint density at radius 2 is 1.93 bits per heavy atom. The predicted octanol–water partition coefficient (Wildman–Crippen LogP) is 5.24. The first-order chi connectivity index (χ1) is 13.7. The van der Waals surface area contributed by atoms with E-state index >= 15 is 0 Å². The number of morpholine rings is 1. The van der Waals surface area contributed by atoms with E-state index in [4.69, 9.17) is 25.8 Å². The topological polar surface area (TPSA) is 48.0 Å². The minimum atomic E-state index is -0.630. The molecule has 2 aromatic rings. The first-order valence-corrected chi connectivity index (χ1v) is 9.87. The van der Waals surface area contributed by atoms with Crippen molar-refractivity contribution in [2.24, 2.45) is 0 Å². The largest absolute Gasteiger partial charge is 0.480 e. The third-order valence-corrected chi connectivity index (χ3v) is 4.67. The Morgan fingerprint density at radius 1 is 1.21 bits per heavy atom. The van der Waals surface area contributed by atoms with Gasteiger partial charge < -0.3 is 19.1 Å². The smallest absolute Gasteiger partial charge is 0.410 e. The van der Waals surface area contributed by atoms with Gasteiger partial charge in [0.2, 0.25) is 0 Å². The zero-order chi connectivity index (χ0) is 21.0. The van der Waals surface area contributed by atoms with Gasteiger partial charge >= 0.3 is 6.09 Å². The quantitative estimate of drug-likeness (QED) is 0.677. The minimum Gasteiger partial charge on any atom is -0.480 e. The van der Waals surface area contributed by atoms with Crippen molar-refractivity contribution >= 4 is 17.7 Å². The van der Waals surface area contributed by atoms with Crippen LogP contribution in [0.5, 0.6) is 5.75 Å². The Balaban J connectivity index is 1.84. The lowest BCUT2D eigenvalue weighted by Crippen LogP contribution is -2.50. The molecule has 3 rings (SSSR count). The van der Waals surface area contributed by atoms with Crippen LogP contribution in [0.4, 0.5) is 9.18 Å². The van der Waals surface area contributed by atoms with Gasteiger partial charge in [0.1, 0.15) is 11.7 Å². The highest BCUT2D eigenvalue weighted by Gasteiger charge is 2.35. The van der Waals surface area contributed by atoms with Gasteiger partial charge in [-0.15, -0.1) is 0 Å². The molecule has 1 heterocycles. The van der Waals surface area contributed by atoms with Crippen LogP contribution >= 0.6 is 11.6 Å². The molecular weight excluding hydrogens is 397 g/mol. The molecule has 0 radical (unpaired) electrons. The summed E-state index contributed by atoms with van der Waals surface area (Å²) in [5.41, 5.74) is 0.215. The molecule has 29 heavy (non-hydrogen) atoms. The molecule has 156 valence electrons. The van der Waals surface area contributed by atoms with Crippen LogP contribution in [0, 0.1) is 5.82 Å². The minimum absolute atomic E-state index is 0.0192. The number of ether oxygens (including phenoxy) is 3. The maximum Gasteiger partial charge on any atom is 0.410 e. The second-order valence-corrected chi connectivity index (χ2v) is 8.24. The van der Waals surface area contributed by atoms with Gasteiger partial charge in [0.05, 0.1) is 18.2 Å². The van der Waals surface area contributed by atoms with Crippen LogP contribution in [-0.2, 0) is 9.47 Å². The highest BCUT2D eigenvalue weighted by atomic mass is 35.5. The highest BCUT2D eigenvalue weighted by molar-refractivity contribution is 6.30. The van der Waals surface area contributed by atoms with Crippen LogP contribution < -0.4 is 4.74 Å². The van der Waals surface area contributed by atoms with Gasteiger partial charge in [0.25, 0.3) is 0 Å². The van der Waals surface area contributed by atoms with E-state index in [1.54, 1.807) is 11.0 Å². The summed E-state index contributed by atoms with van der Waals surface area (Å²) in [4.78, 5) is 14.1. The molecule has 1 saturated heterocycles. The number of benzene rings is 2. The third-order valence-electron chi connectivity index (χ3n) is 4.38. The Labute approximate surface area is 175 Å². The SMILES string of the molecule is CC(C)(C)OC(=O)N1CCO[C@H]([C@@H](Oc2cccc(Cl)c2F)c2ccccc2)C1. The van der Waals surface area contributed by atoms with E-state index in [-0.39, 0.29) is 17.3 Å². The summed E-state index contributed by atoms with van der Waals surface area (Å²) >= 11 is 5.90. The van der Waals surface area contributed by atoms with Gasteiger partial charge in [-0.1, -0.05) is 48.0 Å². The van der Waals surface area contributed by atoms with Crippen molar-refractivity contribution in [2.75, 3.05) is 19.7 Å². The van der Waals surface area contributed by atoms with E-state index in [1.165, 1.54) is 12.1 Å². The molecule has 0 unspecified atom stereocenters.